The van der Waals surface area contributed by atoms with Crippen LogP contribution in [0.3, 0.4) is 0 Å². The van der Waals surface area contributed by atoms with E-state index in [0.717, 1.165) is 42.4 Å². The van der Waals surface area contributed by atoms with E-state index < -0.39 is 0 Å². The van der Waals surface area contributed by atoms with Crippen LogP contribution in [-0.2, 0) is 14.3 Å². The summed E-state index contributed by atoms with van der Waals surface area (Å²) in [5.74, 6) is 6.11. The van der Waals surface area contributed by atoms with E-state index in [9.17, 15) is 9.59 Å². The fourth-order valence-corrected chi connectivity index (χ4v) is 9.23. The van der Waals surface area contributed by atoms with Crippen molar-refractivity contribution in [1.29, 1.82) is 0 Å². The molecule has 5 fully saturated rings. The van der Waals surface area contributed by atoms with Crippen LogP contribution < -0.4 is 0 Å². The number of rotatable bonds is 1. The third kappa shape index (κ3) is 1.83. The van der Waals surface area contributed by atoms with Crippen LogP contribution in [0.4, 0.5) is 0 Å². The van der Waals surface area contributed by atoms with Crippen LogP contribution in [0.15, 0.2) is 23.8 Å². The summed E-state index contributed by atoms with van der Waals surface area (Å²) in [6.45, 7) is 2.46. The second kappa shape index (κ2) is 5.02. The predicted octanol–water partition coefficient (Wildman–Crippen LogP) is 4.47. The van der Waals surface area contributed by atoms with Crippen molar-refractivity contribution in [3.05, 3.63) is 23.8 Å². The van der Waals surface area contributed by atoms with Gasteiger partial charge in [0.05, 0.1) is 0 Å². The number of hydrogen-bond acceptors (Lipinski definition) is 3. The molecule has 6 aliphatic carbocycles. The molecule has 0 aromatic carbocycles. The summed E-state index contributed by atoms with van der Waals surface area (Å²) in [5.41, 5.74) is 1.31. The Kier molecular flexibility index (Phi) is 2.94. The quantitative estimate of drug-likeness (QED) is 0.632. The van der Waals surface area contributed by atoms with E-state index in [2.05, 4.69) is 13.0 Å². The van der Waals surface area contributed by atoms with Gasteiger partial charge in [0.15, 0.2) is 5.78 Å². The van der Waals surface area contributed by atoms with Crippen molar-refractivity contribution in [2.24, 2.45) is 52.8 Å². The Balaban J connectivity index is 1.33. The summed E-state index contributed by atoms with van der Waals surface area (Å²) in [6.07, 6.45) is 15.4. The van der Waals surface area contributed by atoms with Crippen molar-refractivity contribution in [2.45, 2.75) is 63.9 Å². The number of allylic oxidation sites excluding steroid dienone is 1. The monoisotopic (exact) mass is 378 g/mol. The van der Waals surface area contributed by atoms with Crippen molar-refractivity contribution in [3.8, 4) is 0 Å². The van der Waals surface area contributed by atoms with Gasteiger partial charge in [0.2, 0.25) is 0 Å². The molecule has 3 heteroatoms. The third-order valence-corrected chi connectivity index (χ3v) is 10.4. The Hall–Kier alpha value is -1.38. The van der Waals surface area contributed by atoms with Gasteiger partial charge in [-0.05, 0) is 98.5 Å². The van der Waals surface area contributed by atoms with Gasteiger partial charge in [-0.25, -0.2) is 4.79 Å². The van der Waals surface area contributed by atoms with Gasteiger partial charge in [-0.3, -0.25) is 4.79 Å². The van der Waals surface area contributed by atoms with E-state index >= 15 is 0 Å². The molecular weight excluding hydrogens is 348 g/mol. The highest BCUT2D eigenvalue weighted by molar-refractivity contribution is 5.91. The van der Waals surface area contributed by atoms with Gasteiger partial charge in [-0.1, -0.05) is 12.5 Å². The fourth-order valence-electron chi connectivity index (χ4n) is 9.23. The van der Waals surface area contributed by atoms with Crippen LogP contribution in [-0.4, -0.2) is 17.4 Å². The molecule has 3 nitrogen and oxygen atoms in total. The van der Waals surface area contributed by atoms with E-state index in [1.807, 2.05) is 6.08 Å². The first-order valence-electron chi connectivity index (χ1n) is 11.7. The minimum atomic E-state index is -0.308. The normalized spacial score (nSPS) is 55.9. The highest BCUT2D eigenvalue weighted by Crippen LogP contribution is 2.78. The Morgan fingerprint density at radius 3 is 2.68 bits per heavy atom. The second-order valence-corrected chi connectivity index (χ2v) is 11.3. The number of esters is 1. The summed E-state index contributed by atoms with van der Waals surface area (Å²) in [5, 5.41) is 0. The van der Waals surface area contributed by atoms with Gasteiger partial charge in [-0.2, -0.15) is 0 Å². The molecule has 1 spiro atoms. The molecule has 0 aromatic rings. The molecule has 0 radical (unpaired) electrons. The van der Waals surface area contributed by atoms with E-state index in [1.54, 1.807) is 6.08 Å². The van der Waals surface area contributed by atoms with Gasteiger partial charge in [0.1, 0.15) is 5.60 Å². The van der Waals surface area contributed by atoms with Crippen LogP contribution in [0.1, 0.15) is 58.3 Å². The first kappa shape index (κ1) is 16.4. The Morgan fingerprint density at radius 1 is 1.07 bits per heavy atom. The largest absolute Gasteiger partial charge is 0.451 e. The lowest BCUT2D eigenvalue weighted by Crippen LogP contribution is -2.56. The van der Waals surface area contributed by atoms with Crippen molar-refractivity contribution in [2.75, 3.05) is 0 Å². The number of ether oxygens (including phenoxy) is 1. The van der Waals surface area contributed by atoms with Crippen LogP contribution in [0.25, 0.3) is 0 Å². The zero-order valence-electron chi connectivity index (χ0n) is 16.7. The number of carbonyl (C=O) groups excluding carboxylic acids is 2. The molecule has 28 heavy (non-hydrogen) atoms. The van der Waals surface area contributed by atoms with Gasteiger partial charge in [0.25, 0.3) is 0 Å². The second-order valence-electron chi connectivity index (χ2n) is 11.3. The lowest BCUT2D eigenvalue weighted by Gasteiger charge is -2.59. The number of ketones is 1. The van der Waals surface area contributed by atoms with Crippen molar-refractivity contribution < 1.29 is 14.3 Å². The fraction of sp³-hybridized carbons (Fsp3) is 0.760. The van der Waals surface area contributed by atoms with Gasteiger partial charge >= 0.3 is 5.97 Å². The first-order chi connectivity index (χ1) is 13.5. The number of fused-ring (bicyclic) bond motifs is 9. The molecule has 3 unspecified atom stereocenters. The average molecular weight is 379 g/mol. The molecule has 0 bridgehead atoms. The molecular formula is C25H30O3. The van der Waals surface area contributed by atoms with Gasteiger partial charge in [-0.15, -0.1) is 0 Å². The molecule has 148 valence electrons. The van der Waals surface area contributed by atoms with Crippen LogP contribution in [0.2, 0.25) is 0 Å². The minimum absolute atomic E-state index is 0.114. The van der Waals surface area contributed by atoms with Crippen molar-refractivity contribution >= 4 is 11.8 Å². The lowest BCUT2D eigenvalue weighted by atomic mass is 9.46. The van der Waals surface area contributed by atoms with Gasteiger partial charge in [0, 0.05) is 23.8 Å². The molecule has 0 aromatic heterocycles. The van der Waals surface area contributed by atoms with E-state index in [-0.39, 0.29) is 17.0 Å². The molecule has 1 aliphatic heterocycles. The smallest absolute Gasteiger partial charge is 0.331 e. The Labute approximate surface area is 167 Å². The minimum Gasteiger partial charge on any atom is -0.451 e. The van der Waals surface area contributed by atoms with Crippen molar-refractivity contribution in [1.82, 2.24) is 0 Å². The first-order valence-corrected chi connectivity index (χ1v) is 11.7. The SMILES string of the molecule is C[C@]12CCC3C(C1[C@H]1C[C@H]1[C@@]21C=CC(=O)O1)[C@H](C1CC1)CC1=CC(=O)CC[C@@H]13. The summed E-state index contributed by atoms with van der Waals surface area (Å²) in [7, 11) is 0. The predicted molar refractivity (Wildman–Crippen MR) is 104 cm³/mol. The van der Waals surface area contributed by atoms with Crippen LogP contribution in [0.5, 0.6) is 0 Å². The average Bonchev–Trinajstić information content (AvgIpc) is 3.59. The molecule has 7 aliphatic rings. The van der Waals surface area contributed by atoms with Gasteiger partial charge < -0.3 is 4.74 Å². The number of carbonyl (C=O) groups is 2. The highest BCUT2D eigenvalue weighted by Gasteiger charge is 2.78. The molecule has 1 heterocycles. The van der Waals surface area contributed by atoms with E-state index in [4.69, 9.17) is 4.74 Å². The van der Waals surface area contributed by atoms with Crippen LogP contribution in [0, 0.1) is 52.8 Å². The lowest BCUT2D eigenvalue weighted by molar-refractivity contribution is -0.170. The van der Waals surface area contributed by atoms with E-state index in [1.165, 1.54) is 44.1 Å². The highest BCUT2D eigenvalue weighted by atomic mass is 16.6. The third-order valence-electron chi connectivity index (χ3n) is 10.4. The Bertz CT molecular complexity index is 850. The maximum Gasteiger partial charge on any atom is 0.331 e. The molecule has 7 rings (SSSR count). The molecule has 0 amide bonds. The van der Waals surface area contributed by atoms with E-state index in [0.29, 0.717) is 23.5 Å². The summed E-state index contributed by atoms with van der Waals surface area (Å²) in [4.78, 5) is 24.3. The topological polar surface area (TPSA) is 43.4 Å². The Morgan fingerprint density at radius 2 is 1.93 bits per heavy atom. The maximum atomic E-state index is 12.1. The molecule has 5 saturated carbocycles. The zero-order chi connectivity index (χ0) is 18.8. The summed E-state index contributed by atoms with van der Waals surface area (Å²) in [6, 6.07) is 0. The van der Waals surface area contributed by atoms with Crippen LogP contribution >= 0.6 is 0 Å². The molecule has 0 saturated heterocycles. The maximum absolute atomic E-state index is 12.1. The summed E-state index contributed by atoms with van der Waals surface area (Å²) >= 11 is 0. The molecule has 0 N–H and O–H groups in total. The summed E-state index contributed by atoms with van der Waals surface area (Å²) < 4.78 is 6.14. The number of hydrogen-bond donors (Lipinski definition) is 0. The zero-order valence-corrected chi connectivity index (χ0v) is 16.7. The standard InChI is InChI=1S/C25H30O3/c1-24-8-6-17-16-5-4-15(26)10-14(16)11-18(13-2-3-13)22(17)23(24)19-12-20(19)25(24)9-7-21(27)28-25/h7,9-10,13,16-20,22-23H,2-6,8,11-12H2,1H3/t16-,17?,18-,19-,20+,22?,23?,24-,25-/m0/s1. The van der Waals surface area contributed by atoms with Crippen molar-refractivity contribution in [3.63, 3.8) is 0 Å². The molecule has 9 atom stereocenters.